The number of ketones is 1. The minimum absolute atomic E-state index is 0.154. The summed E-state index contributed by atoms with van der Waals surface area (Å²) in [5.74, 6) is -0.282. The molecule has 2 heterocycles. The molecular formula is C32H27FN2O6S. The number of anilines is 1. The maximum atomic E-state index is 15.3. The van der Waals surface area contributed by atoms with E-state index >= 15 is 4.39 Å². The number of hydrogen-bond donors (Lipinski definition) is 0. The second kappa shape index (κ2) is 12.3. The zero-order valence-electron chi connectivity index (χ0n) is 23.2. The molecule has 4 aromatic rings. The lowest BCUT2D eigenvalue weighted by Crippen LogP contribution is -2.23. The van der Waals surface area contributed by atoms with Gasteiger partial charge in [-0.2, -0.15) is 5.26 Å². The van der Waals surface area contributed by atoms with Crippen LogP contribution in [0, 0.1) is 17.1 Å². The number of fused-ring (bicyclic) bond motifs is 1. The number of nitriles is 1. The molecule has 0 saturated heterocycles. The number of hydrogen-bond acceptors (Lipinski definition) is 9. The fourth-order valence-electron chi connectivity index (χ4n) is 4.88. The van der Waals surface area contributed by atoms with Crippen molar-refractivity contribution in [2.75, 3.05) is 26.2 Å². The van der Waals surface area contributed by atoms with E-state index in [-0.39, 0.29) is 22.3 Å². The Labute approximate surface area is 246 Å². The minimum atomic E-state index is -0.805. The molecule has 1 aliphatic rings. The van der Waals surface area contributed by atoms with Crippen LogP contribution in [-0.4, -0.2) is 33.1 Å². The minimum Gasteiger partial charge on any atom is -0.497 e. The number of thiophene rings is 1. The number of ether oxygens (including phenoxy) is 4. The monoisotopic (exact) mass is 586 g/mol. The van der Waals surface area contributed by atoms with Gasteiger partial charge < -0.3 is 23.8 Å². The predicted molar refractivity (Wildman–Crippen MR) is 156 cm³/mol. The molecule has 0 amide bonds. The zero-order valence-corrected chi connectivity index (χ0v) is 24.0. The van der Waals surface area contributed by atoms with E-state index < -0.39 is 23.7 Å². The molecule has 1 unspecified atom stereocenters. The van der Waals surface area contributed by atoms with E-state index in [4.69, 9.17) is 14.2 Å². The number of benzene rings is 3. The van der Waals surface area contributed by atoms with Crippen molar-refractivity contribution >= 4 is 38.2 Å². The third-order valence-electron chi connectivity index (χ3n) is 7.04. The Morgan fingerprint density at radius 2 is 1.60 bits per heavy atom. The van der Waals surface area contributed by atoms with Crippen LogP contribution in [0.3, 0.4) is 0 Å². The average Bonchev–Trinajstić information content (AvgIpc) is 3.42. The van der Waals surface area contributed by atoms with Gasteiger partial charge >= 0.3 is 5.97 Å². The van der Waals surface area contributed by atoms with Crippen LogP contribution in [0.15, 0.2) is 72.5 Å². The SMILES string of the molecule is COC(=O)C1=COC(c2ccc(F)c3sc(N(Cc4ccc(OC)cc4)Cc4ccc(OC)cc4)c(C#N)c23)CC1=O. The van der Waals surface area contributed by atoms with Crippen molar-refractivity contribution < 1.29 is 32.9 Å². The largest absolute Gasteiger partial charge is 0.497 e. The van der Waals surface area contributed by atoms with Crippen LogP contribution in [0.4, 0.5) is 9.39 Å². The fourth-order valence-corrected chi connectivity index (χ4v) is 6.07. The summed E-state index contributed by atoms with van der Waals surface area (Å²) in [6, 6.07) is 20.4. The summed E-state index contributed by atoms with van der Waals surface area (Å²) in [7, 11) is 4.38. The number of halogens is 1. The number of carbonyl (C=O) groups excluding carboxylic acids is 2. The van der Waals surface area contributed by atoms with Gasteiger partial charge in [0, 0.05) is 24.0 Å². The van der Waals surface area contributed by atoms with Crippen molar-refractivity contribution in [1.29, 1.82) is 5.26 Å². The van der Waals surface area contributed by atoms with Crippen LogP contribution >= 0.6 is 11.3 Å². The maximum absolute atomic E-state index is 15.3. The molecule has 3 aromatic carbocycles. The second-order valence-electron chi connectivity index (χ2n) is 9.56. The number of esters is 1. The summed E-state index contributed by atoms with van der Waals surface area (Å²) < 4.78 is 36.6. The predicted octanol–water partition coefficient (Wildman–Crippen LogP) is 6.22. The summed E-state index contributed by atoms with van der Waals surface area (Å²) in [5.41, 5.74) is 2.52. The smallest absolute Gasteiger partial charge is 0.344 e. The number of nitrogens with zero attached hydrogens (tertiary/aromatic N) is 2. The molecule has 214 valence electrons. The molecule has 0 aliphatic carbocycles. The van der Waals surface area contributed by atoms with Crippen molar-refractivity contribution in [3.63, 3.8) is 0 Å². The molecule has 1 atom stereocenters. The molecular weight excluding hydrogens is 559 g/mol. The second-order valence-corrected chi connectivity index (χ2v) is 10.6. The van der Waals surface area contributed by atoms with Crippen LogP contribution in [0.5, 0.6) is 11.5 Å². The normalized spacial score (nSPS) is 14.5. The summed E-state index contributed by atoms with van der Waals surface area (Å²) >= 11 is 1.17. The van der Waals surface area contributed by atoms with Gasteiger partial charge in [-0.15, -0.1) is 11.3 Å². The molecule has 0 bridgehead atoms. The lowest BCUT2D eigenvalue weighted by molar-refractivity contribution is -0.139. The highest BCUT2D eigenvalue weighted by Crippen LogP contribution is 2.45. The Hall–Kier alpha value is -4.88. The van der Waals surface area contributed by atoms with Crippen molar-refractivity contribution in [3.05, 3.63) is 101 Å². The van der Waals surface area contributed by atoms with E-state index in [9.17, 15) is 14.9 Å². The summed E-state index contributed by atoms with van der Waals surface area (Å²) in [6.07, 6.45) is 0.121. The van der Waals surface area contributed by atoms with Crippen LogP contribution in [0.1, 0.15) is 34.8 Å². The van der Waals surface area contributed by atoms with Gasteiger partial charge in [-0.3, -0.25) is 4.79 Å². The quantitative estimate of drug-likeness (QED) is 0.168. The lowest BCUT2D eigenvalue weighted by Gasteiger charge is -2.25. The molecule has 8 nitrogen and oxygen atoms in total. The average molecular weight is 587 g/mol. The van der Waals surface area contributed by atoms with E-state index in [2.05, 4.69) is 10.8 Å². The van der Waals surface area contributed by atoms with Gasteiger partial charge in [0.1, 0.15) is 46.3 Å². The Morgan fingerprint density at radius 1 is 1.00 bits per heavy atom. The number of rotatable bonds is 9. The van der Waals surface area contributed by atoms with E-state index in [1.165, 1.54) is 30.6 Å². The molecule has 42 heavy (non-hydrogen) atoms. The molecule has 5 rings (SSSR count). The third-order valence-corrected chi connectivity index (χ3v) is 8.30. The molecule has 10 heteroatoms. The van der Waals surface area contributed by atoms with Gasteiger partial charge in [0.2, 0.25) is 0 Å². The maximum Gasteiger partial charge on any atom is 0.344 e. The summed E-state index contributed by atoms with van der Waals surface area (Å²) in [6.45, 7) is 0.857. The fraction of sp³-hybridized carbons (Fsp3) is 0.219. The first-order valence-corrected chi connectivity index (χ1v) is 13.8. The van der Waals surface area contributed by atoms with Crippen LogP contribution in [0.2, 0.25) is 0 Å². The first kappa shape index (κ1) is 28.6. The van der Waals surface area contributed by atoms with Crippen molar-refractivity contribution in [2.45, 2.75) is 25.6 Å². The third kappa shape index (κ3) is 5.64. The van der Waals surface area contributed by atoms with Crippen molar-refractivity contribution in [3.8, 4) is 17.6 Å². The van der Waals surface area contributed by atoms with E-state index in [1.807, 2.05) is 53.4 Å². The van der Waals surface area contributed by atoms with Gasteiger partial charge in [-0.05, 0) is 41.5 Å². The van der Waals surface area contributed by atoms with Gasteiger partial charge in [0.05, 0.1) is 38.0 Å². The zero-order chi connectivity index (χ0) is 29.8. The molecule has 1 aliphatic heterocycles. The molecule has 0 saturated carbocycles. The molecule has 0 spiro atoms. The van der Waals surface area contributed by atoms with Crippen LogP contribution in [0.25, 0.3) is 10.1 Å². The number of Topliss-reactive ketones (excluding diaryl/α,β-unsaturated/α-hetero) is 1. The summed E-state index contributed by atoms with van der Waals surface area (Å²) in [4.78, 5) is 26.7. The highest BCUT2D eigenvalue weighted by molar-refractivity contribution is 7.23. The Kier molecular flexibility index (Phi) is 8.41. The molecule has 0 fully saturated rings. The Bertz CT molecular complexity index is 1660. The Balaban J connectivity index is 1.60. The Morgan fingerprint density at radius 3 is 2.10 bits per heavy atom. The van der Waals surface area contributed by atoms with Gasteiger partial charge in [-0.1, -0.05) is 30.3 Å². The first-order chi connectivity index (χ1) is 20.4. The van der Waals surface area contributed by atoms with Crippen molar-refractivity contribution in [2.24, 2.45) is 0 Å². The van der Waals surface area contributed by atoms with Gasteiger partial charge in [0.25, 0.3) is 0 Å². The topological polar surface area (TPSA) is 98.1 Å². The standard InChI is InChI=1S/C32H27FN2O6S/c1-38-21-8-4-19(5-9-21)16-35(17-20-6-10-22(39-2)11-7-20)31-24(15-34)29-23(12-13-26(33)30(29)42-31)28-14-27(36)25(18-41-28)32(37)40-3/h4-13,18,28H,14,16-17H2,1-3H3. The lowest BCUT2D eigenvalue weighted by atomic mass is 9.94. The highest BCUT2D eigenvalue weighted by atomic mass is 32.1. The first-order valence-electron chi connectivity index (χ1n) is 13.0. The highest BCUT2D eigenvalue weighted by Gasteiger charge is 2.32. The van der Waals surface area contributed by atoms with E-state index in [0.29, 0.717) is 29.0 Å². The molecule has 0 N–H and O–H groups in total. The summed E-state index contributed by atoms with van der Waals surface area (Å²) in [5, 5.41) is 11.4. The van der Waals surface area contributed by atoms with E-state index in [0.717, 1.165) is 28.9 Å². The van der Waals surface area contributed by atoms with Crippen molar-refractivity contribution in [1.82, 2.24) is 0 Å². The van der Waals surface area contributed by atoms with E-state index in [1.54, 1.807) is 14.2 Å². The van der Waals surface area contributed by atoms with Gasteiger partial charge in [-0.25, -0.2) is 9.18 Å². The molecule has 0 radical (unpaired) electrons. The number of methoxy groups -OCH3 is 3. The molecule has 1 aromatic heterocycles. The van der Waals surface area contributed by atoms with Crippen LogP contribution in [-0.2, 0) is 32.2 Å². The van der Waals surface area contributed by atoms with Crippen LogP contribution < -0.4 is 14.4 Å². The van der Waals surface area contributed by atoms with Gasteiger partial charge in [0.15, 0.2) is 5.78 Å². The number of carbonyl (C=O) groups is 2.